The Hall–Kier alpha value is -1.59. The lowest BCUT2D eigenvalue weighted by Gasteiger charge is -2.18. The SMILES string of the molecule is CCOC(=O)C[C@H]1O[C@@H](C)CC1(C#N)C#N. The van der Waals surface area contributed by atoms with E-state index in [2.05, 4.69) is 0 Å². The molecule has 0 saturated carbocycles. The minimum absolute atomic E-state index is 0.0424. The summed E-state index contributed by atoms with van der Waals surface area (Å²) in [6.07, 6.45) is -0.570. The Labute approximate surface area is 94.6 Å². The Morgan fingerprint density at radius 2 is 2.19 bits per heavy atom. The van der Waals surface area contributed by atoms with Crippen LogP contribution in [0.1, 0.15) is 26.7 Å². The smallest absolute Gasteiger partial charge is 0.308 e. The highest BCUT2D eigenvalue weighted by molar-refractivity contribution is 5.70. The number of esters is 1. The quantitative estimate of drug-likeness (QED) is 0.669. The lowest BCUT2D eigenvalue weighted by atomic mass is 9.81. The van der Waals surface area contributed by atoms with E-state index in [1.54, 1.807) is 13.8 Å². The Bertz CT molecular complexity index is 339. The number of carbonyl (C=O) groups excluding carboxylic acids is 1. The van der Waals surface area contributed by atoms with Gasteiger partial charge in [-0.1, -0.05) is 0 Å². The van der Waals surface area contributed by atoms with Crippen LogP contribution in [0.4, 0.5) is 0 Å². The van der Waals surface area contributed by atoms with Gasteiger partial charge in [0, 0.05) is 6.42 Å². The summed E-state index contributed by atoms with van der Waals surface area (Å²) in [4.78, 5) is 11.3. The number of ether oxygens (including phenoxy) is 2. The first-order chi connectivity index (χ1) is 7.57. The Morgan fingerprint density at radius 3 is 2.69 bits per heavy atom. The van der Waals surface area contributed by atoms with Crippen LogP contribution in [0.2, 0.25) is 0 Å². The Morgan fingerprint density at radius 1 is 1.56 bits per heavy atom. The molecule has 86 valence electrons. The van der Waals surface area contributed by atoms with E-state index in [9.17, 15) is 4.79 Å². The van der Waals surface area contributed by atoms with Crippen LogP contribution < -0.4 is 0 Å². The van der Waals surface area contributed by atoms with Crippen LogP contribution in [0.25, 0.3) is 0 Å². The van der Waals surface area contributed by atoms with Crippen molar-refractivity contribution in [3.8, 4) is 12.1 Å². The molecule has 0 bridgehead atoms. The van der Waals surface area contributed by atoms with Gasteiger partial charge in [-0.15, -0.1) is 0 Å². The summed E-state index contributed by atoms with van der Waals surface area (Å²) in [5.41, 5.74) is -1.22. The van der Waals surface area contributed by atoms with Gasteiger partial charge in [0.2, 0.25) is 0 Å². The van der Waals surface area contributed by atoms with E-state index in [0.717, 1.165) is 0 Å². The van der Waals surface area contributed by atoms with E-state index >= 15 is 0 Å². The molecule has 0 amide bonds. The highest BCUT2D eigenvalue weighted by atomic mass is 16.5. The van der Waals surface area contributed by atoms with E-state index in [1.807, 2.05) is 12.1 Å². The fourth-order valence-corrected chi connectivity index (χ4v) is 1.88. The van der Waals surface area contributed by atoms with E-state index in [1.165, 1.54) is 0 Å². The fraction of sp³-hybridized carbons (Fsp3) is 0.727. The molecule has 1 saturated heterocycles. The predicted molar refractivity (Wildman–Crippen MR) is 53.9 cm³/mol. The molecule has 1 heterocycles. The van der Waals surface area contributed by atoms with Crippen LogP contribution in [0, 0.1) is 28.1 Å². The molecule has 1 rings (SSSR count). The molecule has 0 radical (unpaired) electrons. The van der Waals surface area contributed by atoms with Crippen molar-refractivity contribution in [3.05, 3.63) is 0 Å². The molecule has 0 aliphatic carbocycles. The van der Waals surface area contributed by atoms with Gasteiger partial charge >= 0.3 is 5.97 Å². The van der Waals surface area contributed by atoms with Crippen molar-refractivity contribution >= 4 is 5.97 Å². The minimum atomic E-state index is -1.22. The van der Waals surface area contributed by atoms with Crippen LogP contribution in [0.3, 0.4) is 0 Å². The van der Waals surface area contributed by atoms with E-state index < -0.39 is 17.5 Å². The highest BCUT2D eigenvalue weighted by Crippen LogP contribution is 2.39. The summed E-state index contributed by atoms with van der Waals surface area (Å²) in [7, 11) is 0. The number of hydrogen-bond donors (Lipinski definition) is 0. The number of carbonyl (C=O) groups is 1. The van der Waals surface area contributed by atoms with Gasteiger partial charge in [0.15, 0.2) is 5.41 Å². The standard InChI is InChI=1S/C11H14N2O3/c1-3-15-10(14)4-9-11(6-12,7-13)5-8(2)16-9/h8-9H,3-5H2,1-2H3/t8-,9+/m0/s1. The Balaban J connectivity index is 2.76. The topological polar surface area (TPSA) is 83.1 Å². The first-order valence-corrected chi connectivity index (χ1v) is 5.21. The summed E-state index contributed by atoms with van der Waals surface area (Å²) in [5, 5.41) is 18.1. The predicted octanol–water partition coefficient (Wildman–Crippen LogP) is 1.15. The molecule has 16 heavy (non-hydrogen) atoms. The second-order valence-corrected chi connectivity index (χ2v) is 3.84. The van der Waals surface area contributed by atoms with Crippen molar-refractivity contribution in [1.82, 2.24) is 0 Å². The molecule has 1 aliphatic heterocycles. The van der Waals surface area contributed by atoms with Crippen molar-refractivity contribution in [2.45, 2.75) is 38.9 Å². The molecular formula is C11H14N2O3. The van der Waals surface area contributed by atoms with Crippen molar-refractivity contribution < 1.29 is 14.3 Å². The average molecular weight is 222 g/mol. The summed E-state index contributed by atoms with van der Waals surface area (Å²) >= 11 is 0. The van der Waals surface area contributed by atoms with Crippen molar-refractivity contribution in [3.63, 3.8) is 0 Å². The molecule has 0 N–H and O–H groups in total. The van der Waals surface area contributed by atoms with Crippen molar-refractivity contribution in [2.24, 2.45) is 5.41 Å². The van der Waals surface area contributed by atoms with Crippen LogP contribution >= 0.6 is 0 Å². The number of hydrogen-bond acceptors (Lipinski definition) is 5. The second kappa shape index (κ2) is 4.96. The second-order valence-electron chi connectivity index (χ2n) is 3.84. The van der Waals surface area contributed by atoms with E-state index in [-0.39, 0.29) is 19.1 Å². The van der Waals surface area contributed by atoms with Crippen LogP contribution in [0.5, 0.6) is 0 Å². The zero-order valence-electron chi connectivity index (χ0n) is 9.40. The third-order valence-corrected chi connectivity index (χ3v) is 2.61. The molecule has 2 atom stereocenters. The first kappa shape index (κ1) is 12.5. The molecule has 0 aromatic carbocycles. The summed E-state index contributed by atoms with van der Waals surface area (Å²) in [6.45, 7) is 3.78. The monoisotopic (exact) mass is 222 g/mol. The maximum absolute atomic E-state index is 11.3. The first-order valence-electron chi connectivity index (χ1n) is 5.21. The third kappa shape index (κ3) is 2.32. The van der Waals surface area contributed by atoms with Gasteiger partial charge in [0.05, 0.1) is 31.3 Å². The minimum Gasteiger partial charge on any atom is -0.466 e. The third-order valence-electron chi connectivity index (χ3n) is 2.61. The van der Waals surface area contributed by atoms with Crippen molar-refractivity contribution in [2.75, 3.05) is 6.61 Å². The van der Waals surface area contributed by atoms with Crippen molar-refractivity contribution in [1.29, 1.82) is 10.5 Å². The normalized spacial score (nSPS) is 26.8. The fourth-order valence-electron chi connectivity index (χ4n) is 1.88. The average Bonchev–Trinajstić information content (AvgIpc) is 2.55. The molecule has 0 aromatic rings. The Kier molecular flexibility index (Phi) is 3.87. The molecular weight excluding hydrogens is 208 g/mol. The molecule has 0 spiro atoms. The van der Waals surface area contributed by atoms with E-state index in [0.29, 0.717) is 6.42 Å². The van der Waals surface area contributed by atoms with Gasteiger partial charge in [-0.3, -0.25) is 4.79 Å². The van der Waals surface area contributed by atoms with Gasteiger partial charge < -0.3 is 9.47 Å². The lowest BCUT2D eigenvalue weighted by Crippen LogP contribution is -2.30. The zero-order valence-corrected chi connectivity index (χ0v) is 9.40. The van der Waals surface area contributed by atoms with Gasteiger partial charge in [-0.2, -0.15) is 10.5 Å². The molecule has 1 fully saturated rings. The van der Waals surface area contributed by atoms with Gasteiger partial charge in [0.1, 0.15) is 6.10 Å². The molecule has 5 heteroatoms. The number of nitriles is 2. The molecule has 0 aromatic heterocycles. The summed E-state index contributed by atoms with van der Waals surface area (Å²) in [5.74, 6) is -0.434. The van der Waals surface area contributed by atoms with Gasteiger partial charge in [-0.05, 0) is 13.8 Å². The van der Waals surface area contributed by atoms with Gasteiger partial charge in [-0.25, -0.2) is 0 Å². The number of rotatable bonds is 3. The largest absolute Gasteiger partial charge is 0.466 e. The van der Waals surface area contributed by atoms with Crippen LogP contribution in [-0.4, -0.2) is 24.8 Å². The van der Waals surface area contributed by atoms with Crippen LogP contribution in [0.15, 0.2) is 0 Å². The maximum atomic E-state index is 11.3. The summed E-state index contributed by atoms with van der Waals surface area (Å²) in [6, 6.07) is 3.92. The molecule has 5 nitrogen and oxygen atoms in total. The summed E-state index contributed by atoms with van der Waals surface area (Å²) < 4.78 is 10.2. The molecule has 0 unspecified atom stereocenters. The maximum Gasteiger partial charge on any atom is 0.308 e. The zero-order chi connectivity index (χ0) is 12.2. The van der Waals surface area contributed by atoms with E-state index in [4.69, 9.17) is 20.0 Å². The molecule has 1 aliphatic rings. The van der Waals surface area contributed by atoms with Gasteiger partial charge in [0.25, 0.3) is 0 Å². The lowest BCUT2D eigenvalue weighted by molar-refractivity contribution is -0.146. The number of nitrogens with zero attached hydrogens (tertiary/aromatic N) is 2. The van der Waals surface area contributed by atoms with Crippen LogP contribution in [-0.2, 0) is 14.3 Å². The highest BCUT2D eigenvalue weighted by Gasteiger charge is 2.49.